The number of hydrogen-bond donors (Lipinski definition) is 2. The number of hydrazine groups is 1. The second-order valence-corrected chi connectivity index (χ2v) is 3.10. The maximum Gasteiger partial charge on any atom is 0.0802 e. The van der Waals surface area contributed by atoms with Gasteiger partial charge in [-0.3, -0.25) is 5.84 Å². The minimum Gasteiger partial charge on any atom is -0.389 e. The second kappa shape index (κ2) is 3.18. The van der Waals surface area contributed by atoms with Gasteiger partial charge in [0.25, 0.3) is 0 Å². The molecule has 0 aromatic carbocycles. The van der Waals surface area contributed by atoms with E-state index < -0.39 is 5.60 Å². The molecule has 0 radical (unpaired) electrons. The van der Waals surface area contributed by atoms with Crippen LogP contribution in [0.2, 0.25) is 0 Å². The summed E-state index contributed by atoms with van der Waals surface area (Å²) in [5.74, 6) is 5.49. The van der Waals surface area contributed by atoms with Gasteiger partial charge in [-0.25, -0.2) is 5.01 Å². The lowest BCUT2D eigenvalue weighted by molar-refractivity contribution is -0.0174. The molecule has 62 valence electrons. The van der Waals surface area contributed by atoms with Gasteiger partial charge in [0.15, 0.2) is 0 Å². The van der Waals surface area contributed by atoms with Crippen molar-refractivity contribution in [3.63, 3.8) is 0 Å². The molecule has 1 aliphatic rings. The van der Waals surface area contributed by atoms with Crippen LogP contribution in [0.3, 0.4) is 0 Å². The molecule has 0 saturated carbocycles. The fraction of sp³-hybridized carbons (Fsp3) is 0.857. The minimum atomic E-state index is -0.773. The quantitative estimate of drug-likeness (QED) is 0.505. The van der Waals surface area contributed by atoms with E-state index in [1.807, 2.05) is 6.07 Å². The highest BCUT2D eigenvalue weighted by atomic mass is 16.3. The van der Waals surface area contributed by atoms with Crippen molar-refractivity contribution in [2.45, 2.75) is 24.9 Å². The highest BCUT2D eigenvalue weighted by Crippen LogP contribution is 2.23. The van der Waals surface area contributed by atoms with Gasteiger partial charge >= 0.3 is 0 Å². The maximum absolute atomic E-state index is 9.68. The standard InChI is InChI=1S/C7H13N3O/c8-4-1-7(11)2-5-10(9)6-3-7/h11H,1-3,5-6,9H2. The van der Waals surface area contributed by atoms with E-state index >= 15 is 0 Å². The Morgan fingerprint density at radius 2 is 2.09 bits per heavy atom. The zero-order valence-electron chi connectivity index (χ0n) is 6.45. The first-order valence-electron chi connectivity index (χ1n) is 3.75. The van der Waals surface area contributed by atoms with Crippen LogP contribution in [0.1, 0.15) is 19.3 Å². The lowest BCUT2D eigenvalue weighted by atomic mass is 9.89. The van der Waals surface area contributed by atoms with Crippen LogP contribution in [0.5, 0.6) is 0 Å². The average molecular weight is 155 g/mol. The van der Waals surface area contributed by atoms with Gasteiger partial charge in [0, 0.05) is 13.1 Å². The fourth-order valence-electron chi connectivity index (χ4n) is 1.26. The van der Waals surface area contributed by atoms with Crippen LogP contribution in [0.25, 0.3) is 0 Å². The molecule has 0 bridgehead atoms. The molecule has 1 aliphatic heterocycles. The number of nitriles is 1. The summed E-state index contributed by atoms with van der Waals surface area (Å²) < 4.78 is 0. The Bertz CT molecular complexity index is 167. The number of nitrogens with zero attached hydrogens (tertiary/aromatic N) is 2. The summed E-state index contributed by atoms with van der Waals surface area (Å²) in [4.78, 5) is 0. The summed E-state index contributed by atoms with van der Waals surface area (Å²) in [6, 6.07) is 1.98. The molecule has 1 saturated heterocycles. The first-order chi connectivity index (χ1) is 5.16. The summed E-state index contributed by atoms with van der Waals surface area (Å²) in [5.41, 5.74) is -0.773. The summed E-state index contributed by atoms with van der Waals surface area (Å²) in [7, 11) is 0. The molecule has 0 aromatic heterocycles. The molecule has 0 aromatic rings. The normalized spacial score (nSPS) is 24.5. The Morgan fingerprint density at radius 3 is 2.55 bits per heavy atom. The van der Waals surface area contributed by atoms with Gasteiger partial charge in [-0.15, -0.1) is 0 Å². The molecular weight excluding hydrogens is 142 g/mol. The fourth-order valence-corrected chi connectivity index (χ4v) is 1.26. The van der Waals surface area contributed by atoms with Crippen molar-refractivity contribution < 1.29 is 5.11 Å². The van der Waals surface area contributed by atoms with E-state index in [9.17, 15) is 5.11 Å². The van der Waals surface area contributed by atoms with Crippen molar-refractivity contribution in [1.82, 2.24) is 5.01 Å². The van der Waals surface area contributed by atoms with Gasteiger partial charge in [-0.05, 0) is 12.8 Å². The first-order valence-corrected chi connectivity index (χ1v) is 3.75. The van der Waals surface area contributed by atoms with Crippen molar-refractivity contribution in [2.75, 3.05) is 13.1 Å². The number of nitrogens with two attached hydrogens (primary N) is 1. The van der Waals surface area contributed by atoms with E-state index in [4.69, 9.17) is 11.1 Å². The molecule has 4 nitrogen and oxygen atoms in total. The van der Waals surface area contributed by atoms with Crippen LogP contribution in [0.15, 0.2) is 0 Å². The zero-order valence-corrected chi connectivity index (χ0v) is 6.45. The number of aliphatic hydroxyl groups is 1. The Morgan fingerprint density at radius 1 is 1.55 bits per heavy atom. The van der Waals surface area contributed by atoms with E-state index in [0.717, 1.165) is 0 Å². The van der Waals surface area contributed by atoms with Crippen LogP contribution in [0.4, 0.5) is 0 Å². The van der Waals surface area contributed by atoms with E-state index in [1.165, 1.54) is 0 Å². The van der Waals surface area contributed by atoms with Gasteiger partial charge in [0.2, 0.25) is 0 Å². The second-order valence-electron chi connectivity index (χ2n) is 3.10. The summed E-state index contributed by atoms with van der Waals surface area (Å²) in [5, 5.41) is 19.8. The Kier molecular flexibility index (Phi) is 2.45. The number of rotatable bonds is 1. The molecule has 0 amide bonds. The largest absolute Gasteiger partial charge is 0.389 e. The van der Waals surface area contributed by atoms with Gasteiger partial charge in [0.05, 0.1) is 18.1 Å². The van der Waals surface area contributed by atoms with Gasteiger partial charge in [0.1, 0.15) is 0 Å². The maximum atomic E-state index is 9.68. The third-order valence-corrected chi connectivity index (χ3v) is 2.14. The van der Waals surface area contributed by atoms with Crippen LogP contribution >= 0.6 is 0 Å². The molecule has 11 heavy (non-hydrogen) atoms. The van der Waals surface area contributed by atoms with Gasteiger partial charge < -0.3 is 5.11 Å². The van der Waals surface area contributed by atoms with Crippen LogP contribution in [0, 0.1) is 11.3 Å². The lowest BCUT2D eigenvalue weighted by Gasteiger charge is -2.34. The number of piperidine rings is 1. The van der Waals surface area contributed by atoms with Crippen LogP contribution in [-0.2, 0) is 0 Å². The third kappa shape index (κ3) is 2.15. The van der Waals surface area contributed by atoms with Crippen molar-refractivity contribution in [2.24, 2.45) is 5.84 Å². The molecular formula is C7H13N3O. The summed E-state index contributed by atoms with van der Waals surface area (Å²) >= 11 is 0. The topological polar surface area (TPSA) is 73.3 Å². The average Bonchev–Trinajstić information content (AvgIpc) is 1.97. The highest BCUT2D eigenvalue weighted by Gasteiger charge is 2.30. The Hall–Kier alpha value is -0.630. The van der Waals surface area contributed by atoms with E-state index in [1.54, 1.807) is 5.01 Å². The SMILES string of the molecule is N#CCC1(O)CCN(N)CC1. The Labute approximate surface area is 66.2 Å². The molecule has 4 heteroatoms. The minimum absolute atomic E-state index is 0.223. The molecule has 0 unspecified atom stereocenters. The van der Waals surface area contributed by atoms with E-state index in [-0.39, 0.29) is 6.42 Å². The van der Waals surface area contributed by atoms with E-state index in [0.29, 0.717) is 25.9 Å². The molecule has 0 aliphatic carbocycles. The molecule has 3 N–H and O–H groups in total. The van der Waals surface area contributed by atoms with Crippen molar-refractivity contribution in [3.05, 3.63) is 0 Å². The molecule has 1 heterocycles. The molecule has 1 rings (SSSR count). The first kappa shape index (κ1) is 8.47. The molecule has 0 spiro atoms. The smallest absolute Gasteiger partial charge is 0.0802 e. The van der Waals surface area contributed by atoms with Gasteiger partial charge in [-0.2, -0.15) is 5.26 Å². The molecule has 1 fully saturated rings. The Balaban J connectivity index is 2.43. The highest BCUT2D eigenvalue weighted by molar-refractivity contribution is 4.92. The van der Waals surface area contributed by atoms with Crippen LogP contribution in [-0.4, -0.2) is 28.8 Å². The third-order valence-electron chi connectivity index (χ3n) is 2.14. The van der Waals surface area contributed by atoms with E-state index in [2.05, 4.69) is 0 Å². The number of hydrogen-bond acceptors (Lipinski definition) is 4. The van der Waals surface area contributed by atoms with Gasteiger partial charge in [-0.1, -0.05) is 0 Å². The van der Waals surface area contributed by atoms with Crippen molar-refractivity contribution in [3.8, 4) is 6.07 Å². The van der Waals surface area contributed by atoms with Crippen LogP contribution < -0.4 is 5.84 Å². The predicted octanol–water partition coefficient (Wildman–Crippen LogP) is -0.399. The summed E-state index contributed by atoms with van der Waals surface area (Å²) in [6.07, 6.45) is 1.44. The summed E-state index contributed by atoms with van der Waals surface area (Å²) in [6.45, 7) is 1.36. The zero-order chi connectivity index (χ0) is 8.32. The lowest BCUT2D eigenvalue weighted by Crippen LogP contribution is -2.47. The monoisotopic (exact) mass is 155 g/mol. The predicted molar refractivity (Wildman–Crippen MR) is 40.2 cm³/mol. The van der Waals surface area contributed by atoms with Crippen molar-refractivity contribution in [1.29, 1.82) is 5.26 Å². The molecule has 0 atom stereocenters. The van der Waals surface area contributed by atoms with Crippen molar-refractivity contribution >= 4 is 0 Å².